The monoisotopic (exact) mass is 494 g/mol. The van der Waals surface area contributed by atoms with Crippen molar-refractivity contribution in [1.82, 2.24) is 14.5 Å². The molecular weight excluding hydrogens is 473 g/mol. The summed E-state index contributed by atoms with van der Waals surface area (Å²) in [5, 5.41) is 13.3. The molecule has 3 aromatic rings. The van der Waals surface area contributed by atoms with Crippen LogP contribution in [0.4, 0.5) is 5.13 Å². The lowest BCUT2D eigenvalue weighted by atomic mass is 10.2. The fraction of sp³-hybridized carbons (Fsp3) is 0.350. The van der Waals surface area contributed by atoms with Crippen LogP contribution in [0.2, 0.25) is 0 Å². The van der Waals surface area contributed by atoms with E-state index < -0.39 is 15.9 Å². The molecule has 3 heterocycles. The second-order valence-corrected chi connectivity index (χ2v) is 12.2. The number of anilines is 1. The smallest absolute Gasteiger partial charge is 0.257 e. The normalized spacial score (nSPS) is 15.5. The molecule has 164 valence electrons. The average molecular weight is 495 g/mol. The Hall–Kier alpha value is -1.79. The Morgan fingerprint density at radius 3 is 2.65 bits per heavy atom. The number of hydrogen-bond donors (Lipinski definition) is 1. The van der Waals surface area contributed by atoms with Crippen LogP contribution in [-0.4, -0.2) is 41.9 Å². The zero-order chi connectivity index (χ0) is 21.7. The van der Waals surface area contributed by atoms with Gasteiger partial charge in [-0.2, -0.15) is 4.31 Å². The van der Waals surface area contributed by atoms with Crippen LogP contribution in [0.15, 0.2) is 51.0 Å². The third kappa shape index (κ3) is 5.72. The van der Waals surface area contributed by atoms with Crippen LogP contribution in [0, 0.1) is 0 Å². The van der Waals surface area contributed by atoms with Gasteiger partial charge in [0, 0.05) is 29.3 Å². The second kappa shape index (κ2) is 10.2. The molecule has 11 heteroatoms. The summed E-state index contributed by atoms with van der Waals surface area (Å²) in [6.07, 6.45) is 3.82. The Balaban J connectivity index is 1.42. The fourth-order valence-corrected chi connectivity index (χ4v) is 7.33. The third-order valence-electron chi connectivity index (χ3n) is 4.84. The van der Waals surface area contributed by atoms with E-state index in [-0.39, 0.29) is 10.5 Å². The van der Waals surface area contributed by atoms with Gasteiger partial charge in [0.2, 0.25) is 15.2 Å². The molecule has 7 nitrogen and oxygen atoms in total. The summed E-state index contributed by atoms with van der Waals surface area (Å²) < 4.78 is 28.3. The van der Waals surface area contributed by atoms with Crippen LogP contribution in [0.3, 0.4) is 0 Å². The molecule has 31 heavy (non-hydrogen) atoms. The summed E-state index contributed by atoms with van der Waals surface area (Å²) in [4.78, 5) is 14.1. The number of carbonyl (C=O) groups excluding carboxylic acids is 1. The molecule has 1 N–H and O–H groups in total. The Morgan fingerprint density at radius 2 is 1.90 bits per heavy atom. The Kier molecular flexibility index (Phi) is 7.39. The quantitative estimate of drug-likeness (QED) is 0.378. The predicted molar refractivity (Wildman–Crippen MR) is 125 cm³/mol. The minimum atomic E-state index is -3.61. The van der Waals surface area contributed by atoms with E-state index >= 15 is 0 Å². The highest BCUT2D eigenvalue weighted by Crippen LogP contribution is 2.30. The first-order chi connectivity index (χ1) is 15.0. The van der Waals surface area contributed by atoms with Crippen molar-refractivity contribution >= 4 is 55.5 Å². The van der Waals surface area contributed by atoms with E-state index in [1.54, 1.807) is 41.3 Å². The fourth-order valence-electron chi connectivity index (χ4n) is 3.24. The summed E-state index contributed by atoms with van der Waals surface area (Å²) in [6, 6.07) is 10.2. The molecule has 1 aliphatic heterocycles. The van der Waals surface area contributed by atoms with Crippen molar-refractivity contribution in [1.29, 1.82) is 0 Å². The average Bonchev–Trinajstić information content (AvgIpc) is 3.37. The predicted octanol–water partition coefficient (Wildman–Crippen LogP) is 4.71. The lowest BCUT2D eigenvalue weighted by Gasteiger charge is -2.20. The first-order valence-electron chi connectivity index (χ1n) is 9.92. The van der Waals surface area contributed by atoms with E-state index in [1.807, 2.05) is 11.4 Å². The Morgan fingerprint density at radius 1 is 1.10 bits per heavy atom. The highest BCUT2D eigenvalue weighted by Gasteiger charge is 2.26. The maximum absolute atomic E-state index is 13.0. The molecule has 1 aromatic carbocycles. The van der Waals surface area contributed by atoms with Gasteiger partial charge in [0.05, 0.1) is 4.90 Å². The van der Waals surface area contributed by atoms with Crippen molar-refractivity contribution in [2.24, 2.45) is 0 Å². The van der Waals surface area contributed by atoms with Crippen molar-refractivity contribution < 1.29 is 13.2 Å². The number of amides is 1. The topological polar surface area (TPSA) is 92.3 Å². The van der Waals surface area contributed by atoms with Crippen molar-refractivity contribution in [3.8, 4) is 0 Å². The molecular formula is C20H22N4O3S4. The molecule has 0 bridgehead atoms. The number of hydrogen-bond acceptors (Lipinski definition) is 8. The highest BCUT2D eigenvalue weighted by atomic mass is 32.2. The standard InChI is InChI=1S/C20H22N4O3S4/c25-18(21-19-22-23-20(30-19)29-14-16-8-6-12-28-16)15-7-5-9-17(13-15)31(26,27)24-10-3-1-2-4-11-24/h5-9,12-13H,1-4,10-11,14H2,(H,21,22,25). The molecule has 1 saturated heterocycles. The minimum absolute atomic E-state index is 0.145. The van der Waals surface area contributed by atoms with Crippen molar-refractivity contribution in [3.63, 3.8) is 0 Å². The van der Waals surface area contributed by atoms with E-state index in [0.29, 0.717) is 18.2 Å². The summed E-state index contributed by atoms with van der Waals surface area (Å²) >= 11 is 4.55. The van der Waals surface area contributed by atoms with Crippen LogP contribution in [-0.2, 0) is 15.8 Å². The van der Waals surface area contributed by atoms with Crippen molar-refractivity contribution in [2.45, 2.75) is 40.7 Å². The summed E-state index contributed by atoms with van der Waals surface area (Å²) in [5.74, 6) is 0.398. The zero-order valence-corrected chi connectivity index (χ0v) is 20.0. The van der Waals surface area contributed by atoms with Gasteiger partial charge >= 0.3 is 0 Å². The highest BCUT2D eigenvalue weighted by molar-refractivity contribution is 8.00. The third-order valence-corrected chi connectivity index (χ3v) is 9.82. The molecule has 0 unspecified atom stereocenters. The van der Waals surface area contributed by atoms with Crippen LogP contribution < -0.4 is 5.32 Å². The number of thioether (sulfide) groups is 1. The van der Waals surface area contributed by atoms with Crippen LogP contribution in [0.5, 0.6) is 0 Å². The van der Waals surface area contributed by atoms with Crippen LogP contribution in [0.1, 0.15) is 40.9 Å². The van der Waals surface area contributed by atoms with Gasteiger partial charge in [-0.15, -0.1) is 21.5 Å². The van der Waals surface area contributed by atoms with Gasteiger partial charge < -0.3 is 0 Å². The van der Waals surface area contributed by atoms with Gasteiger partial charge in [0.15, 0.2) is 4.34 Å². The number of nitrogens with one attached hydrogen (secondary N) is 1. The molecule has 1 aliphatic rings. The minimum Gasteiger partial charge on any atom is -0.296 e. The van der Waals surface area contributed by atoms with Gasteiger partial charge in [0.25, 0.3) is 5.91 Å². The molecule has 2 aromatic heterocycles. The Labute approximate surface area is 194 Å². The Bertz CT molecular complexity index is 1120. The second-order valence-electron chi connectivity index (χ2n) is 7.04. The van der Waals surface area contributed by atoms with Crippen LogP contribution in [0.25, 0.3) is 0 Å². The van der Waals surface area contributed by atoms with Gasteiger partial charge in [-0.05, 0) is 42.5 Å². The van der Waals surface area contributed by atoms with E-state index in [1.165, 1.54) is 26.6 Å². The molecule has 0 atom stereocenters. The van der Waals surface area contributed by atoms with E-state index in [0.717, 1.165) is 35.8 Å². The molecule has 1 fully saturated rings. The first-order valence-corrected chi connectivity index (χ1v) is 14.0. The van der Waals surface area contributed by atoms with E-state index in [9.17, 15) is 13.2 Å². The van der Waals surface area contributed by atoms with E-state index in [4.69, 9.17) is 0 Å². The van der Waals surface area contributed by atoms with Gasteiger partial charge in [-0.3, -0.25) is 10.1 Å². The maximum Gasteiger partial charge on any atom is 0.257 e. The molecule has 0 saturated carbocycles. The first kappa shape index (κ1) is 22.4. The summed E-state index contributed by atoms with van der Waals surface area (Å²) in [5.41, 5.74) is 0.277. The number of aromatic nitrogens is 2. The SMILES string of the molecule is O=C(Nc1nnc(SCc2cccs2)s1)c1cccc(S(=O)(=O)N2CCCCCC2)c1. The molecule has 4 rings (SSSR count). The van der Waals surface area contributed by atoms with Crippen molar-refractivity contribution in [3.05, 3.63) is 52.2 Å². The molecule has 0 radical (unpaired) electrons. The largest absolute Gasteiger partial charge is 0.296 e. The van der Waals surface area contributed by atoms with Crippen LogP contribution >= 0.6 is 34.4 Å². The molecule has 1 amide bonds. The number of nitrogens with zero attached hydrogens (tertiary/aromatic N) is 3. The summed E-state index contributed by atoms with van der Waals surface area (Å²) in [7, 11) is -3.61. The number of sulfonamides is 1. The number of rotatable bonds is 7. The van der Waals surface area contributed by atoms with Gasteiger partial charge in [-0.1, -0.05) is 48.1 Å². The lowest BCUT2D eigenvalue weighted by molar-refractivity contribution is 0.102. The number of thiophene rings is 1. The molecule has 0 spiro atoms. The van der Waals surface area contributed by atoms with Gasteiger partial charge in [0.1, 0.15) is 0 Å². The summed E-state index contributed by atoms with van der Waals surface area (Å²) in [6.45, 7) is 1.05. The van der Waals surface area contributed by atoms with Crippen molar-refractivity contribution in [2.75, 3.05) is 18.4 Å². The lowest BCUT2D eigenvalue weighted by Crippen LogP contribution is -2.32. The maximum atomic E-state index is 13.0. The van der Waals surface area contributed by atoms with Gasteiger partial charge in [-0.25, -0.2) is 8.42 Å². The van der Waals surface area contributed by atoms with E-state index in [2.05, 4.69) is 21.6 Å². The molecule has 0 aliphatic carbocycles. The number of benzene rings is 1. The zero-order valence-electron chi connectivity index (χ0n) is 16.7. The number of carbonyl (C=O) groups is 1.